The summed E-state index contributed by atoms with van der Waals surface area (Å²) in [5, 5.41) is 64.7. The molecule has 4 aliphatic rings. The number of nitrogens with zero attached hydrogens (tertiary/aromatic N) is 7. The molecule has 0 bridgehead atoms. The monoisotopic (exact) mass is 578 g/mol. The predicted octanol–water partition coefficient (Wildman–Crippen LogP) is -4.87. The first-order valence-electron chi connectivity index (χ1n) is 11.6. The Hall–Kier alpha value is -4.51. The standard InChI is InChI=1S/C10H11N5O6.C10H11N5O5/c11-10-13-6-2(7(18)14-10)12-1-15(6)8-4(17)3(16)5(21-8)9(19)20;11-7-4-8(13-2-12-7)15(10(19)14-4)9-6(18)5(17)3(1-16)20-9/h1,3-5,8,16-17H,(H,19,20)(H3,11,13,14,18);2-3,5-6,9,11,16-18H,1H2/t3-,4+,5-,8+;3-,5-,6-,9-/m01/s1. The largest absolute Gasteiger partial charge is 0.479 e. The van der Waals surface area contributed by atoms with Crippen LogP contribution in [0.5, 0.6) is 0 Å². The number of nitrogens with one attached hydrogen (secondary N) is 2. The number of amidine groups is 2. The minimum Gasteiger partial charge on any atom is -0.479 e. The quantitative estimate of drug-likeness (QED) is 0.164. The lowest BCUT2D eigenvalue weighted by Gasteiger charge is -2.25. The Morgan fingerprint density at radius 3 is 2.44 bits per heavy atom. The van der Waals surface area contributed by atoms with E-state index in [0.717, 1.165) is 22.1 Å². The second-order valence-electron chi connectivity index (χ2n) is 8.93. The van der Waals surface area contributed by atoms with Crippen molar-refractivity contribution in [3.05, 3.63) is 16.7 Å². The van der Waals surface area contributed by atoms with E-state index >= 15 is 0 Å². The van der Waals surface area contributed by atoms with Crippen LogP contribution in [0.15, 0.2) is 26.1 Å². The zero-order valence-electron chi connectivity index (χ0n) is 20.4. The fourth-order valence-corrected chi connectivity index (χ4v) is 4.43. The van der Waals surface area contributed by atoms with Crippen LogP contribution in [0.4, 0.5) is 10.7 Å². The number of carboxylic acid groups (broad SMARTS) is 1. The summed E-state index contributed by atoms with van der Waals surface area (Å²) in [5.41, 5.74) is 4.80. The van der Waals surface area contributed by atoms with Gasteiger partial charge in [-0.2, -0.15) is 9.98 Å². The molecule has 0 unspecified atom stereocenters. The Bertz CT molecular complexity index is 1570. The highest BCUT2D eigenvalue weighted by Gasteiger charge is 2.51. The molecule has 2 aromatic heterocycles. The number of urea groups is 1. The number of carbonyl (C=O) groups is 2. The number of aromatic nitrogens is 4. The van der Waals surface area contributed by atoms with Crippen LogP contribution in [0.1, 0.15) is 6.23 Å². The van der Waals surface area contributed by atoms with Gasteiger partial charge in [0, 0.05) is 0 Å². The van der Waals surface area contributed by atoms with Crippen LogP contribution in [0, 0.1) is 5.41 Å². The number of aliphatic hydroxyl groups excluding tert-OH is 5. The normalized spacial score (nSPS) is 32.6. The van der Waals surface area contributed by atoms with Gasteiger partial charge in [0.25, 0.3) is 5.56 Å². The minimum atomic E-state index is -1.62. The van der Waals surface area contributed by atoms with Crippen LogP contribution in [0.25, 0.3) is 11.2 Å². The third kappa shape index (κ3) is 4.65. The number of amides is 2. The molecule has 0 radical (unpaired) electrons. The fraction of sp³-hybridized carbons (Fsp3) is 0.450. The van der Waals surface area contributed by atoms with Crippen molar-refractivity contribution in [3.63, 3.8) is 0 Å². The summed E-state index contributed by atoms with van der Waals surface area (Å²) in [7, 11) is 0. The number of hydrogen-bond donors (Lipinski definition) is 9. The van der Waals surface area contributed by atoms with Crippen molar-refractivity contribution in [2.45, 2.75) is 49.1 Å². The fourth-order valence-electron chi connectivity index (χ4n) is 4.43. The smallest absolute Gasteiger partial charge is 0.352 e. The Balaban J connectivity index is 0.000000165. The van der Waals surface area contributed by atoms with E-state index in [4.69, 9.17) is 30.8 Å². The number of fused-ring (bicyclic) bond motifs is 2. The number of aliphatic imine (C=N–C) groups is 3. The van der Waals surface area contributed by atoms with Gasteiger partial charge in [-0.15, -0.1) is 0 Å². The zero-order chi connectivity index (χ0) is 29.7. The van der Waals surface area contributed by atoms with Crippen LogP contribution in [0.2, 0.25) is 0 Å². The van der Waals surface area contributed by atoms with Gasteiger partial charge in [0.15, 0.2) is 47.1 Å². The van der Waals surface area contributed by atoms with Gasteiger partial charge in [-0.25, -0.2) is 29.5 Å². The predicted molar refractivity (Wildman–Crippen MR) is 132 cm³/mol. The van der Waals surface area contributed by atoms with Gasteiger partial charge in [0.2, 0.25) is 5.95 Å². The van der Waals surface area contributed by atoms with Crippen molar-refractivity contribution in [2.24, 2.45) is 15.0 Å². The summed E-state index contributed by atoms with van der Waals surface area (Å²) in [5.74, 6) is -1.78. The minimum absolute atomic E-state index is 0.0125. The molecule has 0 aromatic carbocycles. The number of nitrogen functional groups attached to an aromatic ring is 1. The van der Waals surface area contributed by atoms with E-state index in [1.807, 2.05) is 0 Å². The van der Waals surface area contributed by atoms with E-state index in [1.165, 1.54) is 0 Å². The Labute approximate surface area is 226 Å². The third-order valence-corrected chi connectivity index (χ3v) is 6.42. The average molecular weight is 578 g/mol. The molecular weight excluding hydrogens is 556 g/mol. The molecule has 2 saturated heterocycles. The Morgan fingerprint density at radius 1 is 1.10 bits per heavy atom. The van der Waals surface area contributed by atoms with Crippen molar-refractivity contribution in [3.8, 4) is 0 Å². The molecule has 2 aromatic rings. The number of aliphatic carboxylic acids is 1. The van der Waals surface area contributed by atoms with E-state index in [0.29, 0.717) is 0 Å². The first-order chi connectivity index (χ1) is 19.4. The zero-order valence-corrected chi connectivity index (χ0v) is 20.4. The van der Waals surface area contributed by atoms with Crippen molar-refractivity contribution in [1.29, 1.82) is 5.41 Å². The first kappa shape index (κ1) is 28.0. The number of carboxylic acids is 1. The molecular formula is C20H22N10O11. The lowest BCUT2D eigenvalue weighted by Crippen LogP contribution is -2.49. The maximum absolute atomic E-state index is 11.9. The number of ether oxygens (including phenoxy) is 2. The average Bonchev–Trinajstić information content (AvgIpc) is 3.64. The molecule has 21 heteroatoms. The molecule has 8 atom stereocenters. The maximum Gasteiger partial charge on any atom is 0.352 e. The van der Waals surface area contributed by atoms with Crippen molar-refractivity contribution in [2.75, 3.05) is 12.3 Å². The molecule has 0 aliphatic carbocycles. The third-order valence-electron chi connectivity index (χ3n) is 6.42. The van der Waals surface area contributed by atoms with E-state index in [-0.39, 0.29) is 34.5 Å². The van der Waals surface area contributed by atoms with Crippen molar-refractivity contribution < 1.29 is 49.7 Å². The van der Waals surface area contributed by atoms with E-state index < -0.39 is 73.2 Å². The second-order valence-corrected chi connectivity index (χ2v) is 8.93. The molecule has 0 spiro atoms. The molecule has 10 N–H and O–H groups in total. The van der Waals surface area contributed by atoms with Crippen molar-refractivity contribution in [1.82, 2.24) is 24.4 Å². The summed E-state index contributed by atoms with van der Waals surface area (Å²) in [4.78, 5) is 56.4. The Kier molecular flexibility index (Phi) is 7.16. The molecule has 21 nitrogen and oxygen atoms in total. The SMILES string of the molecule is N=C1N=CN=C2C1=NC(=O)N2[C@@H]1O[C@H](CO)[C@@H](O)[C@H]1O.Nc1nc2c(ncn2[C@@H]2O[C@H](C(=O)O)[C@@H](O)[C@H]2O)c(=O)[nH]1. The summed E-state index contributed by atoms with van der Waals surface area (Å²) in [6.45, 7) is -0.506. The first-order valence-corrected chi connectivity index (χ1v) is 11.6. The van der Waals surface area contributed by atoms with Gasteiger partial charge in [0.05, 0.1) is 12.9 Å². The molecule has 0 saturated carbocycles. The van der Waals surface area contributed by atoms with Gasteiger partial charge in [0.1, 0.15) is 36.9 Å². The molecule has 6 rings (SSSR count). The number of aromatic amines is 1. The van der Waals surface area contributed by atoms with E-state index in [2.05, 4.69) is 29.9 Å². The summed E-state index contributed by atoms with van der Waals surface area (Å²) < 4.78 is 11.5. The van der Waals surface area contributed by atoms with E-state index in [1.54, 1.807) is 0 Å². The molecule has 41 heavy (non-hydrogen) atoms. The van der Waals surface area contributed by atoms with Crippen LogP contribution < -0.4 is 11.3 Å². The highest BCUT2D eigenvalue weighted by molar-refractivity contribution is 6.72. The topological polar surface area (TPSA) is 328 Å². The van der Waals surface area contributed by atoms with Crippen LogP contribution in [-0.4, -0.2) is 140 Å². The number of carbonyl (C=O) groups excluding carboxylic acids is 1. The second kappa shape index (κ2) is 10.5. The number of aliphatic hydroxyl groups is 5. The van der Waals surface area contributed by atoms with Gasteiger partial charge in [-0.3, -0.25) is 19.8 Å². The lowest BCUT2D eigenvalue weighted by molar-refractivity contribution is -0.155. The number of rotatable bonds is 4. The molecule has 2 fully saturated rings. The number of imidazole rings is 1. The number of nitrogens with two attached hydrogens (primary N) is 1. The summed E-state index contributed by atoms with van der Waals surface area (Å²) in [6.07, 6.45) is -8.74. The maximum atomic E-state index is 11.9. The number of H-pyrrole nitrogens is 1. The number of hydrogen-bond acceptors (Lipinski definition) is 15. The Morgan fingerprint density at radius 2 is 1.80 bits per heavy atom. The summed E-state index contributed by atoms with van der Waals surface area (Å²) in [6, 6.07) is -0.774. The van der Waals surface area contributed by atoms with Crippen LogP contribution in [0.3, 0.4) is 0 Å². The van der Waals surface area contributed by atoms with Crippen molar-refractivity contribution >= 4 is 52.8 Å². The van der Waals surface area contributed by atoms with Gasteiger partial charge < -0.3 is 45.8 Å². The van der Waals surface area contributed by atoms with Gasteiger partial charge in [-0.05, 0) is 0 Å². The van der Waals surface area contributed by atoms with Gasteiger partial charge in [-0.1, -0.05) is 0 Å². The summed E-state index contributed by atoms with van der Waals surface area (Å²) >= 11 is 0. The lowest BCUT2D eigenvalue weighted by atomic mass is 10.1. The molecule has 6 heterocycles. The molecule has 2 amide bonds. The highest BCUT2D eigenvalue weighted by atomic mass is 16.6. The van der Waals surface area contributed by atoms with E-state index in [9.17, 15) is 34.8 Å². The van der Waals surface area contributed by atoms with Crippen LogP contribution in [-0.2, 0) is 14.3 Å². The molecule has 4 aliphatic heterocycles. The molecule has 218 valence electrons. The number of anilines is 1. The van der Waals surface area contributed by atoms with Gasteiger partial charge >= 0.3 is 12.0 Å². The van der Waals surface area contributed by atoms with Crippen LogP contribution >= 0.6 is 0 Å². The highest BCUT2D eigenvalue weighted by Crippen LogP contribution is 2.31.